The largest absolute Gasteiger partial charge is 0.478 e. The highest BCUT2D eigenvalue weighted by molar-refractivity contribution is 5.88. The molecule has 2 aromatic carbocycles. The van der Waals surface area contributed by atoms with E-state index in [1.54, 1.807) is 24.3 Å². The average Bonchev–Trinajstić information content (AvgIpc) is 2.38. The van der Waals surface area contributed by atoms with Gasteiger partial charge in [0.1, 0.15) is 12.1 Å². The van der Waals surface area contributed by atoms with Gasteiger partial charge < -0.3 is 5.11 Å². The number of rotatable bonds is 3. The molecule has 0 aliphatic rings. The molecule has 2 aromatic rings. The van der Waals surface area contributed by atoms with Gasteiger partial charge in [0.15, 0.2) is 0 Å². The molecule has 0 saturated heterocycles. The van der Waals surface area contributed by atoms with E-state index >= 15 is 0 Å². The number of hydrogen-bond donors (Lipinski definition) is 1. The summed E-state index contributed by atoms with van der Waals surface area (Å²) in [7, 11) is 0. The van der Waals surface area contributed by atoms with Crippen LogP contribution in [0.2, 0.25) is 0 Å². The monoisotopic (exact) mass is 244 g/mol. The molecule has 90 valence electrons. The summed E-state index contributed by atoms with van der Waals surface area (Å²) in [6.07, 6.45) is 0.674. The molecule has 0 spiro atoms. The second-order valence-electron chi connectivity index (χ2n) is 3.74. The summed E-state index contributed by atoms with van der Waals surface area (Å²) in [5.74, 6) is -1.81. The van der Waals surface area contributed by atoms with Crippen molar-refractivity contribution in [3.05, 3.63) is 59.4 Å². The Labute approximate surface area is 103 Å². The first-order valence-electron chi connectivity index (χ1n) is 5.20. The third-order valence-electron chi connectivity index (χ3n) is 2.55. The maximum Gasteiger partial charge on any atom is 0.335 e. The average molecular weight is 244 g/mol. The molecule has 4 heteroatoms. The fourth-order valence-electron chi connectivity index (χ4n) is 1.66. The predicted molar refractivity (Wildman–Crippen MR) is 64.2 cm³/mol. The molecular formula is C14H9FO3. The van der Waals surface area contributed by atoms with E-state index in [1.165, 1.54) is 12.1 Å². The molecule has 0 bridgehead atoms. The van der Waals surface area contributed by atoms with Crippen LogP contribution in [0.3, 0.4) is 0 Å². The Kier molecular flexibility index (Phi) is 3.19. The standard InChI is InChI=1S/C14H9FO3/c15-13-7-11(14(17)18)4-5-12(13)10-3-1-2-9(6-10)8-16/h1-8H,(H,17,18). The molecule has 0 atom stereocenters. The van der Waals surface area contributed by atoms with Gasteiger partial charge in [-0.15, -0.1) is 0 Å². The van der Waals surface area contributed by atoms with E-state index in [9.17, 15) is 14.0 Å². The highest BCUT2D eigenvalue weighted by atomic mass is 19.1. The third kappa shape index (κ3) is 2.27. The fourth-order valence-corrected chi connectivity index (χ4v) is 1.66. The van der Waals surface area contributed by atoms with Crippen molar-refractivity contribution in [3.63, 3.8) is 0 Å². The fraction of sp³-hybridized carbons (Fsp3) is 0. The molecule has 1 N–H and O–H groups in total. The Hall–Kier alpha value is -2.49. The zero-order chi connectivity index (χ0) is 13.1. The molecule has 0 aromatic heterocycles. The van der Waals surface area contributed by atoms with Gasteiger partial charge >= 0.3 is 5.97 Å². The second kappa shape index (κ2) is 4.79. The Morgan fingerprint density at radius 1 is 1.17 bits per heavy atom. The van der Waals surface area contributed by atoms with E-state index in [-0.39, 0.29) is 11.1 Å². The van der Waals surface area contributed by atoms with Crippen molar-refractivity contribution in [3.8, 4) is 11.1 Å². The van der Waals surface area contributed by atoms with E-state index in [2.05, 4.69) is 0 Å². The van der Waals surface area contributed by atoms with Gasteiger partial charge in [0.25, 0.3) is 0 Å². The first-order chi connectivity index (χ1) is 8.61. The van der Waals surface area contributed by atoms with Crippen molar-refractivity contribution >= 4 is 12.3 Å². The lowest BCUT2D eigenvalue weighted by atomic mass is 10.0. The van der Waals surface area contributed by atoms with Gasteiger partial charge in [0.05, 0.1) is 5.56 Å². The van der Waals surface area contributed by atoms with Crippen molar-refractivity contribution < 1.29 is 19.1 Å². The van der Waals surface area contributed by atoms with Crippen LogP contribution in [0.25, 0.3) is 11.1 Å². The molecule has 18 heavy (non-hydrogen) atoms. The van der Waals surface area contributed by atoms with Gasteiger partial charge in [0, 0.05) is 11.1 Å². The number of benzene rings is 2. The third-order valence-corrected chi connectivity index (χ3v) is 2.55. The highest BCUT2D eigenvalue weighted by Gasteiger charge is 2.10. The smallest absolute Gasteiger partial charge is 0.335 e. The highest BCUT2D eigenvalue weighted by Crippen LogP contribution is 2.24. The number of carbonyl (C=O) groups excluding carboxylic acids is 1. The van der Waals surface area contributed by atoms with Crippen LogP contribution in [-0.2, 0) is 0 Å². The Morgan fingerprint density at radius 3 is 2.56 bits per heavy atom. The van der Waals surface area contributed by atoms with Crippen molar-refractivity contribution in [2.75, 3.05) is 0 Å². The van der Waals surface area contributed by atoms with E-state index in [0.717, 1.165) is 6.07 Å². The molecule has 2 rings (SSSR count). The van der Waals surface area contributed by atoms with E-state index in [0.29, 0.717) is 17.4 Å². The Balaban J connectivity index is 2.50. The summed E-state index contributed by atoms with van der Waals surface area (Å²) in [6, 6.07) is 10.1. The maximum absolute atomic E-state index is 13.8. The molecule has 0 aliphatic heterocycles. The van der Waals surface area contributed by atoms with E-state index in [1.807, 2.05) is 0 Å². The number of carbonyl (C=O) groups is 2. The zero-order valence-corrected chi connectivity index (χ0v) is 9.26. The van der Waals surface area contributed by atoms with Crippen LogP contribution < -0.4 is 0 Å². The summed E-state index contributed by atoms with van der Waals surface area (Å²) in [6.45, 7) is 0. The van der Waals surface area contributed by atoms with Crippen LogP contribution in [-0.4, -0.2) is 17.4 Å². The quantitative estimate of drug-likeness (QED) is 0.844. The molecule has 3 nitrogen and oxygen atoms in total. The number of aromatic carboxylic acids is 1. The van der Waals surface area contributed by atoms with Gasteiger partial charge in [-0.25, -0.2) is 9.18 Å². The maximum atomic E-state index is 13.8. The van der Waals surface area contributed by atoms with E-state index < -0.39 is 11.8 Å². The SMILES string of the molecule is O=Cc1cccc(-c2ccc(C(=O)O)cc2F)c1. The number of carboxylic acid groups (broad SMARTS) is 1. The lowest BCUT2D eigenvalue weighted by Crippen LogP contribution is -1.97. The Bertz CT molecular complexity index is 620. The zero-order valence-electron chi connectivity index (χ0n) is 9.26. The lowest BCUT2D eigenvalue weighted by molar-refractivity contribution is 0.0696. The molecule has 0 unspecified atom stereocenters. The van der Waals surface area contributed by atoms with Gasteiger partial charge in [-0.2, -0.15) is 0 Å². The van der Waals surface area contributed by atoms with Crippen molar-refractivity contribution in [1.29, 1.82) is 0 Å². The lowest BCUT2D eigenvalue weighted by Gasteiger charge is -2.05. The van der Waals surface area contributed by atoms with Gasteiger partial charge in [0.2, 0.25) is 0 Å². The van der Waals surface area contributed by atoms with Crippen molar-refractivity contribution in [2.24, 2.45) is 0 Å². The number of hydrogen-bond acceptors (Lipinski definition) is 2. The molecule has 0 saturated carbocycles. The van der Waals surface area contributed by atoms with Crippen LogP contribution in [0.4, 0.5) is 4.39 Å². The van der Waals surface area contributed by atoms with Crippen LogP contribution >= 0.6 is 0 Å². The van der Waals surface area contributed by atoms with E-state index in [4.69, 9.17) is 5.11 Å². The summed E-state index contributed by atoms with van der Waals surface area (Å²) in [4.78, 5) is 21.3. The molecule has 0 radical (unpaired) electrons. The van der Waals surface area contributed by atoms with Crippen molar-refractivity contribution in [2.45, 2.75) is 0 Å². The molecule has 0 fully saturated rings. The second-order valence-corrected chi connectivity index (χ2v) is 3.74. The van der Waals surface area contributed by atoms with Gasteiger partial charge in [-0.3, -0.25) is 4.79 Å². The van der Waals surface area contributed by atoms with Crippen LogP contribution in [0.1, 0.15) is 20.7 Å². The number of aldehydes is 1. The van der Waals surface area contributed by atoms with Gasteiger partial charge in [-0.1, -0.05) is 24.3 Å². The normalized spacial score (nSPS) is 10.1. The summed E-state index contributed by atoms with van der Waals surface area (Å²) in [5.41, 5.74) is 1.13. The minimum absolute atomic E-state index is 0.109. The summed E-state index contributed by atoms with van der Waals surface area (Å²) < 4.78 is 13.8. The predicted octanol–water partition coefficient (Wildman–Crippen LogP) is 3.00. The minimum Gasteiger partial charge on any atom is -0.478 e. The first kappa shape index (κ1) is 12.0. The summed E-state index contributed by atoms with van der Waals surface area (Å²) in [5, 5.41) is 8.74. The minimum atomic E-state index is -1.18. The van der Waals surface area contributed by atoms with Gasteiger partial charge in [-0.05, 0) is 23.8 Å². The summed E-state index contributed by atoms with van der Waals surface area (Å²) >= 11 is 0. The molecule has 0 heterocycles. The van der Waals surface area contributed by atoms with Crippen molar-refractivity contribution in [1.82, 2.24) is 0 Å². The number of halogens is 1. The molecular weight excluding hydrogens is 235 g/mol. The first-order valence-corrected chi connectivity index (χ1v) is 5.20. The number of carboxylic acids is 1. The van der Waals surface area contributed by atoms with Crippen LogP contribution in [0, 0.1) is 5.82 Å². The Morgan fingerprint density at radius 2 is 1.94 bits per heavy atom. The topological polar surface area (TPSA) is 54.4 Å². The molecule has 0 aliphatic carbocycles. The molecule has 0 amide bonds. The van der Waals surface area contributed by atoms with Crippen LogP contribution in [0.5, 0.6) is 0 Å². The van der Waals surface area contributed by atoms with Crippen LogP contribution in [0.15, 0.2) is 42.5 Å².